The van der Waals surface area contributed by atoms with Crippen molar-refractivity contribution in [2.75, 3.05) is 0 Å². The zero-order chi connectivity index (χ0) is 16.2. The second-order valence-corrected chi connectivity index (χ2v) is 8.31. The molecule has 4 aliphatic carbocycles. The topological polar surface area (TPSA) is 54.4 Å². The second-order valence-electron chi connectivity index (χ2n) is 8.31. The van der Waals surface area contributed by atoms with E-state index in [0.29, 0.717) is 17.6 Å². The molecule has 3 fully saturated rings. The first-order chi connectivity index (χ1) is 11.0. The van der Waals surface area contributed by atoms with Crippen molar-refractivity contribution in [3.8, 4) is 0 Å². The number of aliphatic carboxylic acids is 1. The molecule has 3 nitrogen and oxygen atoms in total. The summed E-state index contributed by atoms with van der Waals surface area (Å²) >= 11 is 0. The van der Waals surface area contributed by atoms with Gasteiger partial charge in [-0.05, 0) is 80.1 Å². The molecule has 0 amide bonds. The minimum Gasteiger partial charge on any atom is -0.478 e. The van der Waals surface area contributed by atoms with Gasteiger partial charge in [0.2, 0.25) is 0 Å². The summed E-state index contributed by atoms with van der Waals surface area (Å²) < 4.78 is 0. The lowest BCUT2D eigenvalue weighted by Crippen LogP contribution is -2.45. The van der Waals surface area contributed by atoms with E-state index in [4.69, 9.17) is 0 Å². The third kappa shape index (κ3) is 2.31. The Hall–Kier alpha value is -1.38. The molecule has 0 spiro atoms. The Morgan fingerprint density at radius 1 is 1.17 bits per heavy atom. The number of carboxylic acids is 1. The molecule has 3 heteroatoms. The van der Waals surface area contributed by atoms with Gasteiger partial charge in [-0.1, -0.05) is 18.1 Å². The van der Waals surface area contributed by atoms with E-state index >= 15 is 0 Å². The van der Waals surface area contributed by atoms with Gasteiger partial charge >= 0.3 is 5.97 Å². The number of allylic oxidation sites excluding steroid dienone is 2. The Kier molecular flexibility index (Phi) is 3.51. The number of hydrogen-bond donors (Lipinski definition) is 1. The monoisotopic (exact) mass is 314 g/mol. The van der Waals surface area contributed by atoms with Crippen LogP contribution in [-0.4, -0.2) is 16.9 Å². The minimum atomic E-state index is -0.788. The van der Waals surface area contributed by atoms with Crippen LogP contribution in [0.5, 0.6) is 0 Å². The fourth-order valence-corrected chi connectivity index (χ4v) is 6.41. The van der Waals surface area contributed by atoms with E-state index in [9.17, 15) is 14.7 Å². The Labute approximate surface area is 137 Å². The number of carbonyl (C=O) groups is 2. The summed E-state index contributed by atoms with van der Waals surface area (Å²) in [6, 6.07) is 0. The van der Waals surface area contributed by atoms with Gasteiger partial charge in [0.25, 0.3) is 0 Å². The Morgan fingerprint density at radius 3 is 2.78 bits per heavy atom. The first kappa shape index (κ1) is 15.2. The van der Waals surface area contributed by atoms with Crippen molar-refractivity contribution in [3.05, 3.63) is 23.3 Å². The molecule has 0 unspecified atom stereocenters. The fraction of sp³-hybridized carbons (Fsp3) is 0.700. The van der Waals surface area contributed by atoms with Crippen molar-refractivity contribution in [1.82, 2.24) is 0 Å². The molecule has 3 saturated carbocycles. The van der Waals surface area contributed by atoms with Crippen LogP contribution in [0.3, 0.4) is 0 Å². The quantitative estimate of drug-likeness (QED) is 0.740. The lowest BCUT2D eigenvalue weighted by molar-refractivity contribution is -0.131. The van der Waals surface area contributed by atoms with Crippen LogP contribution in [-0.2, 0) is 9.59 Å². The highest BCUT2D eigenvalue weighted by Crippen LogP contribution is 2.63. The molecule has 0 aromatic carbocycles. The molecule has 4 rings (SSSR count). The molecule has 124 valence electrons. The highest BCUT2D eigenvalue weighted by Gasteiger charge is 2.54. The van der Waals surface area contributed by atoms with Gasteiger partial charge in [-0.25, -0.2) is 4.79 Å². The fourth-order valence-electron chi connectivity index (χ4n) is 6.41. The maximum Gasteiger partial charge on any atom is 0.328 e. The van der Waals surface area contributed by atoms with E-state index in [0.717, 1.165) is 50.4 Å². The standard InChI is InChI=1S/C20H26O3/c1-20-9-8-16-15-6-4-14(21)10-12(15)2-5-17(16)18(20)7-3-13(20)11-19(22)23/h10-11,15-18H,2-9H2,1H3,(H,22,23)/b13-11+/t15-,16+,17+,18-,20+/m0/s1. The van der Waals surface area contributed by atoms with Crippen molar-refractivity contribution in [3.63, 3.8) is 0 Å². The summed E-state index contributed by atoms with van der Waals surface area (Å²) in [7, 11) is 0. The molecular weight excluding hydrogens is 288 g/mol. The Morgan fingerprint density at radius 2 is 2.00 bits per heavy atom. The van der Waals surface area contributed by atoms with Crippen LogP contribution < -0.4 is 0 Å². The SMILES string of the molecule is C[C@]12CC[C@H]3[C@@H](CCC4=CC(=O)CC[C@@H]43)[C@@H]1CC/C2=C\C(=O)O. The largest absolute Gasteiger partial charge is 0.478 e. The predicted molar refractivity (Wildman–Crippen MR) is 87.8 cm³/mol. The van der Waals surface area contributed by atoms with Crippen LogP contribution in [0.25, 0.3) is 0 Å². The number of carboxylic acid groups (broad SMARTS) is 1. The summed E-state index contributed by atoms with van der Waals surface area (Å²) in [4.78, 5) is 22.9. The van der Waals surface area contributed by atoms with E-state index < -0.39 is 5.97 Å². The second kappa shape index (κ2) is 5.32. The number of ketones is 1. The molecule has 4 aliphatic rings. The van der Waals surface area contributed by atoms with Crippen molar-refractivity contribution in [1.29, 1.82) is 0 Å². The smallest absolute Gasteiger partial charge is 0.328 e. The summed E-state index contributed by atoms with van der Waals surface area (Å²) in [6.07, 6.45) is 11.9. The molecule has 0 radical (unpaired) electrons. The molecule has 0 aliphatic heterocycles. The van der Waals surface area contributed by atoms with Crippen LogP contribution in [0.15, 0.2) is 23.3 Å². The number of carbonyl (C=O) groups excluding carboxylic acids is 1. The molecule has 0 aromatic rings. The lowest BCUT2D eigenvalue weighted by atomic mass is 9.52. The van der Waals surface area contributed by atoms with Crippen LogP contribution in [0.1, 0.15) is 58.3 Å². The molecule has 0 bridgehead atoms. The number of fused-ring (bicyclic) bond motifs is 5. The third-order valence-electron chi connectivity index (χ3n) is 7.45. The average molecular weight is 314 g/mol. The van der Waals surface area contributed by atoms with Crippen LogP contribution in [0, 0.1) is 29.1 Å². The summed E-state index contributed by atoms with van der Waals surface area (Å²) in [5.41, 5.74) is 2.70. The third-order valence-corrected chi connectivity index (χ3v) is 7.45. The summed E-state index contributed by atoms with van der Waals surface area (Å²) in [6.45, 7) is 2.31. The zero-order valence-electron chi connectivity index (χ0n) is 13.9. The molecule has 23 heavy (non-hydrogen) atoms. The van der Waals surface area contributed by atoms with Crippen molar-refractivity contribution < 1.29 is 14.7 Å². The van der Waals surface area contributed by atoms with Crippen LogP contribution in [0.2, 0.25) is 0 Å². The van der Waals surface area contributed by atoms with Gasteiger partial charge in [0.15, 0.2) is 5.78 Å². The molecule has 5 atom stereocenters. The average Bonchev–Trinajstić information content (AvgIpc) is 2.83. The molecule has 0 saturated heterocycles. The highest BCUT2D eigenvalue weighted by molar-refractivity contribution is 5.91. The van der Waals surface area contributed by atoms with Gasteiger partial charge in [0, 0.05) is 12.5 Å². The molecule has 1 N–H and O–H groups in total. The van der Waals surface area contributed by atoms with Gasteiger partial charge in [-0.15, -0.1) is 0 Å². The number of rotatable bonds is 1. The molecule has 0 aromatic heterocycles. The molecule has 0 heterocycles. The van der Waals surface area contributed by atoms with Gasteiger partial charge in [0.1, 0.15) is 0 Å². The minimum absolute atomic E-state index is 0.102. The first-order valence-corrected chi connectivity index (χ1v) is 9.16. The van der Waals surface area contributed by atoms with E-state index in [-0.39, 0.29) is 5.41 Å². The summed E-state index contributed by atoms with van der Waals surface area (Å²) in [5, 5.41) is 9.17. The van der Waals surface area contributed by atoms with E-state index in [1.807, 2.05) is 6.08 Å². The molecular formula is C20H26O3. The lowest BCUT2D eigenvalue weighted by Gasteiger charge is -2.53. The maximum absolute atomic E-state index is 11.7. The van der Waals surface area contributed by atoms with E-state index in [1.165, 1.54) is 30.1 Å². The highest BCUT2D eigenvalue weighted by atomic mass is 16.4. The van der Waals surface area contributed by atoms with Crippen molar-refractivity contribution in [2.45, 2.75) is 58.3 Å². The van der Waals surface area contributed by atoms with Crippen molar-refractivity contribution in [2.24, 2.45) is 29.1 Å². The van der Waals surface area contributed by atoms with Gasteiger partial charge < -0.3 is 5.11 Å². The normalized spacial score (nSPS) is 44.3. The van der Waals surface area contributed by atoms with Crippen LogP contribution >= 0.6 is 0 Å². The summed E-state index contributed by atoms with van der Waals surface area (Å²) in [5.74, 6) is 2.26. The maximum atomic E-state index is 11.7. The predicted octanol–water partition coefficient (Wildman–Crippen LogP) is 4.14. The Bertz CT molecular complexity index is 614. The first-order valence-electron chi connectivity index (χ1n) is 9.16. The Balaban J connectivity index is 1.62. The zero-order valence-corrected chi connectivity index (χ0v) is 13.9. The van der Waals surface area contributed by atoms with Gasteiger partial charge in [-0.2, -0.15) is 0 Å². The van der Waals surface area contributed by atoms with Crippen LogP contribution in [0.4, 0.5) is 0 Å². The van der Waals surface area contributed by atoms with E-state index in [2.05, 4.69) is 6.92 Å². The van der Waals surface area contributed by atoms with E-state index in [1.54, 1.807) is 0 Å². The van der Waals surface area contributed by atoms with Crippen molar-refractivity contribution >= 4 is 11.8 Å². The van der Waals surface area contributed by atoms with Gasteiger partial charge in [0.05, 0.1) is 0 Å². The number of hydrogen-bond acceptors (Lipinski definition) is 2. The van der Waals surface area contributed by atoms with Gasteiger partial charge in [-0.3, -0.25) is 4.79 Å².